The lowest BCUT2D eigenvalue weighted by Crippen LogP contribution is -2.46. The number of ketones is 4. The molecule has 6 heterocycles. The average Bonchev–Trinajstić information content (AvgIpc) is 1.68. The first-order chi connectivity index (χ1) is 71.9. The van der Waals surface area contributed by atoms with E-state index in [-0.39, 0.29) is 199 Å². The Labute approximate surface area is 874 Å². The minimum atomic E-state index is -0.907. The predicted octanol–water partition coefficient (Wildman–Crippen LogP) is 12.4. The zero-order chi connectivity index (χ0) is 109. The van der Waals surface area contributed by atoms with Crippen molar-refractivity contribution in [3.8, 4) is 0 Å². The van der Waals surface area contributed by atoms with E-state index in [2.05, 4.69) is 51.9 Å². The summed E-state index contributed by atoms with van der Waals surface area (Å²) in [7, 11) is 0. The lowest BCUT2D eigenvalue weighted by atomic mass is 9.88. The van der Waals surface area contributed by atoms with Crippen LogP contribution in [-0.4, -0.2) is 212 Å². The number of amidine groups is 2. The molecule has 2 unspecified atom stereocenters. The zero-order valence-corrected chi connectivity index (χ0v) is 87.0. The van der Waals surface area contributed by atoms with Gasteiger partial charge in [0.1, 0.15) is 36.5 Å². The van der Waals surface area contributed by atoms with E-state index in [0.29, 0.717) is 180 Å². The van der Waals surface area contributed by atoms with E-state index in [1.807, 2.05) is 65.2 Å². The molecule has 6 aromatic rings. The maximum absolute atomic E-state index is 13.7. The number of pyridine rings is 2. The van der Waals surface area contributed by atoms with Gasteiger partial charge in [0.05, 0.1) is 47.2 Å². The van der Waals surface area contributed by atoms with Crippen molar-refractivity contribution in [2.24, 2.45) is 56.6 Å². The van der Waals surface area contributed by atoms with E-state index < -0.39 is 71.5 Å². The number of amides is 14. The number of aliphatic imine (C=N–C) groups is 2. The predicted molar refractivity (Wildman–Crippen MR) is 568 cm³/mol. The van der Waals surface area contributed by atoms with E-state index >= 15 is 0 Å². The molecule has 0 fully saturated rings. The molecule has 4 aliphatic rings. The van der Waals surface area contributed by atoms with Gasteiger partial charge >= 0.3 is 24.0 Å². The Balaban J connectivity index is 0.000000333. The van der Waals surface area contributed by atoms with E-state index in [1.165, 1.54) is 36.7 Å². The van der Waals surface area contributed by atoms with E-state index in [1.54, 1.807) is 122 Å². The van der Waals surface area contributed by atoms with Gasteiger partial charge in [0.2, 0.25) is 23.6 Å². The Bertz CT molecular complexity index is 5630. The largest absolute Gasteiger partial charge is 0.461 e. The van der Waals surface area contributed by atoms with Crippen LogP contribution in [-0.2, 0) is 115 Å². The van der Waals surface area contributed by atoms with E-state index in [0.717, 1.165) is 35.5 Å². The smallest absolute Gasteiger partial charge is 0.312 e. The molecule has 0 saturated heterocycles. The summed E-state index contributed by atoms with van der Waals surface area (Å²) in [6, 6.07) is 24.2. The first-order valence-corrected chi connectivity index (χ1v) is 51.6. The molecular formula is C112H142N18O20. The highest BCUT2D eigenvalue weighted by Gasteiger charge is 2.34. The SMILES string of the molecule is CCCN(CCC)C(=O)C1=Cc2ccc(C(=O)Nc3cncc(CCC(=O)OCc4ccc(CC(=O)C(CCCNC(N)=O)NC(=O)C(CC(=O)CCCCCN5C(=O)C=CC5=O)C(C)C)cc4)c3)cc2N=C(N)C1.CCCN(CCC)C(=O)C1=Cc2ccc(C(=O)Nc3cncc(CCC(=O)OCc4ccc(CC(=O)[C@H](CCCNC(N)=O)NC(=O)[C@@H](CC(=O)CCCCCN5C(=O)C=CC5=O)C(C)C)cc4)c3)cc2N=C(N)C1. The molecule has 150 heavy (non-hydrogen) atoms. The Morgan fingerprint density at radius 3 is 1.11 bits per heavy atom. The van der Waals surface area contributed by atoms with Crippen LogP contribution in [0.25, 0.3) is 12.2 Å². The normalized spacial score (nSPS) is 13.7. The van der Waals surface area contributed by atoms with Gasteiger partial charge in [-0.25, -0.2) is 19.6 Å². The number of carbonyl (C=O) groups is 18. The van der Waals surface area contributed by atoms with Crippen molar-refractivity contribution < 1.29 is 95.8 Å². The van der Waals surface area contributed by atoms with E-state index in [4.69, 9.17) is 32.4 Å². The molecule has 4 aromatic carbocycles. The van der Waals surface area contributed by atoms with Gasteiger partial charge in [0.15, 0.2) is 11.6 Å². The van der Waals surface area contributed by atoms with Gasteiger partial charge in [-0.2, -0.15) is 0 Å². The van der Waals surface area contributed by atoms with Crippen molar-refractivity contribution >= 4 is 153 Å². The summed E-state index contributed by atoms with van der Waals surface area (Å²) in [5, 5.41) is 16.5. The number of urea groups is 2. The number of anilines is 2. The molecule has 4 aliphatic heterocycles. The number of rotatable bonds is 60. The van der Waals surface area contributed by atoms with Crippen LogP contribution in [0, 0.1) is 23.7 Å². The van der Waals surface area contributed by atoms with Crippen LogP contribution in [0.3, 0.4) is 0 Å². The van der Waals surface area contributed by atoms with Crippen molar-refractivity contribution in [1.82, 2.24) is 50.8 Å². The van der Waals surface area contributed by atoms with Crippen LogP contribution in [0.5, 0.6) is 0 Å². The lowest BCUT2D eigenvalue weighted by Gasteiger charge is -2.24. The second kappa shape index (κ2) is 60.6. The van der Waals surface area contributed by atoms with Crippen molar-refractivity contribution in [3.05, 3.63) is 213 Å². The van der Waals surface area contributed by atoms with Crippen molar-refractivity contribution in [3.63, 3.8) is 0 Å². The van der Waals surface area contributed by atoms with Gasteiger partial charge in [-0.1, -0.05) is 129 Å². The summed E-state index contributed by atoms with van der Waals surface area (Å²) in [5.74, 6) is -6.07. The summed E-state index contributed by atoms with van der Waals surface area (Å²) >= 11 is 0. The minimum Gasteiger partial charge on any atom is -0.461 e. The molecule has 4 atom stereocenters. The average molecular weight is 2060 g/mol. The first-order valence-electron chi connectivity index (χ1n) is 51.6. The van der Waals surface area contributed by atoms with Crippen LogP contribution >= 0.6 is 0 Å². The maximum Gasteiger partial charge on any atom is 0.312 e. The summed E-state index contributed by atoms with van der Waals surface area (Å²) in [6.45, 7) is 18.9. The number of aromatic nitrogens is 2. The number of hydrogen-bond acceptors (Lipinski definition) is 26. The fraction of sp³-hybridized carbons (Fsp3) is 0.446. The van der Waals surface area contributed by atoms with Gasteiger partial charge in [0, 0.05) is 198 Å². The number of primary amides is 2. The van der Waals surface area contributed by atoms with Gasteiger partial charge in [0.25, 0.3) is 35.4 Å². The highest BCUT2D eigenvalue weighted by Crippen LogP contribution is 2.33. The number of esters is 2. The van der Waals surface area contributed by atoms with Gasteiger partial charge in [-0.05, 0) is 184 Å². The standard InChI is InChI=1S/2C56H71N9O10/c2*1-5-24-64(25-6-2)55(73)42-29-40-18-19-41(30-47(40)62-49(57)31-42)53(71)61-43-27-39(33-59-34-43)17-22-52(70)75-35-38-15-13-37(14-16-38)28-48(67)46(12-10-23-60-56(58)74)63-54(72)45(36(3)4)32-44(66)11-8-7-9-26-65-50(68)20-21-51(65)69/h2*13-16,18-21,27,29-30,33-34,36,45-46H,5-12,17,22-26,28,31-32,35H2,1-4H3,(H2,57,62)(H,61,71)(H,63,72)(H3,58,60,74)/t45-,46-;/m0./s1. The highest BCUT2D eigenvalue weighted by molar-refractivity contribution is 6.14. The Morgan fingerprint density at radius 1 is 0.420 bits per heavy atom. The van der Waals surface area contributed by atoms with Crippen LogP contribution < -0.4 is 54.8 Å². The molecule has 0 bridgehead atoms. The van der Waals surface area contributed by atoms with Gasteiger partial charge in [-0.3, -0.25) is 96.5 Å². The fourth-order valence-electron chi connectivity index (χ4n) is 17.4. The topological polar surface area (TPSA) is 565 Å². The molecule has 38 nitrogen and oxygen atoms in total. The number of nitrogens with zero attached hydrogens (tertiary/aromatic N) is 8. The zero-order valence-electron chi connectivity index (χ0n) is 87.0. The van der Waals surface area contributed by atoms with Crippen molar-refractivity contribution in [1.29, 1.82) is 0 Å². The molecule has 38 heteroatoms. The van der Waals surface area contributed by atoms with E-state index in [9.17, 15) is 86.3 Å². The minimum absolute atomic E-state index is 0.00838. The number of carbonyl (C=O) groups excluding carboxylic acids is 18. The third-order valence-electron chi connectivity index (χ3n) is 25.6. The first kappa shape index (κ1) is 118. The molecule has 14 N–H and O–H groups in total. The highest BCUT2D eigenvalue weighted by atomic mass is 16.5. The molecule has 800 valence electrons. The second-order valence-corrected chi connectivity index (χ2v) is 38.5. The number of benzene rings is 4. The lowest BCUT2D eigenvalue weighted by molar-refractivity contribution is -0.145. The van der Waals surface area contributed by atoms with Crippen LogP contribution in [0.15, 0.2) is 167 Å². The molecule has 10 rings (SSSR count). The number of Topliss-reactive ketones (excluding diaryl/α,β-unsaturated/α-hetero) is 4. The number of unbranched alkanes of at least 4 members (excludes halogenated alkanes) is 4. The Hall–Kier alpha value is -15.7. The molecule has 2 aromatic heterocycles. The second-order valence-electron chi connectivity index (χ2n) is 38.5. The Kier molecular flexibility index (Phi) is 47.6. The number of imide groups is 2. The van der Waals surface area contributed by atoms with Gasteiger partial charge in [-0.15, -0.1) is 0 Å². The summed E-state index contributed by atoms with van der Waals surface area (Å²) in [6.07, 6.45) is 24.1. The molecule has 0 radical (unpaired) electrons. The molecule has 0 aliphatic carbocycles. The van der Waals surface area contributed by atoms with Crippen molar-refractivity contribution in [2.45, 2.75) is 248 Å². The molecule has 0 spiro atoms. The quantitative estimate of drug-likeness (QED) is 0.00963. The fourth-order valence-corrected chi connectivity index (χ4v) is 17.4. The third kappa shape index (κ3) is 38.9. The Morgan fingerprint density at radius 2 is 0.773 bits per heavy atom. The maximum atomic E-state index is 13.7. The summed E-state index contributed by atoms with van der Waals surface area (Å²) < 4.78 is 11.1. The number of fused-ring (bicyclic) bond motifs is 2. The monoisotopic (exact) mass is 2060 g/mol. The number of nitrogens with one attached hydrogen (secondary N) is 6. The molecule has 14 amide bonds. The van der Waals surface area contributed by atoms with Crippen molar-refractivity contribution in [2.75, 3.05) is 63.0 Å². The summed E-state index contributed by atoms with van der Waals surface area (Å²) in [4.78, 5) is 253. The number of aryl methyl sites for hydroxylation is 2. The number of nitrogens with two attached hydrogens (primary N) is 4. The van der Waals surface area contributed by atoms with Crippen LogP contribution in [0.2, 0.25) is 0 Å². The van der Waals surface area contributed by atoms with Crippen LogP contribution in [0.4, 0.5) is 32.3 Å². The third-order valence-corrected chi connectivity index (χ3v) is 25.6. The van der Waals surface area contributed by atoms with Gasteiger partial charge < -0.3 is 74.1 Å². The van der Waals surface area contributed by atoms with Crippen LogP contribution in [0.1, 0.15) is 262 Å². The summed E-state index contributed by atoms with van der Waals surface area (Å²) in [5.41, 5.74) is 31.9. The number of hydrogen-bond donors (Lipinski definition) is 10. The number of ether oxygens (including phenoxy) is 2. The molecular weight excluding hydrogens is 1920 g/mol. The molecule has 0 saturated carbocycles.